The summed E-state index contributed by atoms with van der Waals surface area (Å²) >= 11 is 8.78. The van der Waals surface area contributed by atoms with Crippen molar-refractivity contribution in [3.8, 4) is 5.69 Å². The molecule has 0 bridgehead atoms. The van der Waals surface area contributed by atoms with Crippen molar-refractivity contribution in [1.29, 1.82) is 0 Å². The van der Waals surface area contributed by atoms with Gasteiger partial charge in [-0.3, -0.25) is 4.57 Å². The lowest BCUT2D eigenvalue weighted by molar-refractivity contribution is 1.04. The minimum absolute atomic E-state index is 0.654. The van der Waals surface area contributed by atoms with Gasteiger partial charge in [0.15, 0.2) is 10.4 Å². The summed E-state index contributed by atoms with van der Waals surface area (Å²) in [6, 6.07) is 10.2. The molecule has 0 spiro atoms. The smallest absolute Gasteiger partial charge is 0.183 e. The Morgan fingerprint density at radius 2 is 2.17 bits per heavy atom. The second-order valence-electron chi connectivity index (χ2n) is 4.13. The van der Waals surface area contributed by atoms with Gasteiger partial charge >= 0.3 is 0 Å². The summed E-state index contributed by atoms with van der Waals surface area (Å²) in [5, 5.41) is 0. The molecule has 5 heteroatoms. The number of nitrogens with one attached hydrogen (secondary N) is 1. The monoisotopic (exact) mass is 319 g/mol. The number of nitrogens with zero attached hydrogens (tertiary/aromatic N) is 2. The highest BCUT2D eigenvalue weighted by molar-refractivity contribution is 9.10. The molecule has 0 aliphatic rings. The van der Waals surface area contributed by atoms with Crippen LogP contribution in [0.25, 0.3) is 16.9 Å². The molecule has 0 atom stereocenters. The van der Waals surface area contributed by atoms with E-state index in [2.05, 4.69) is 45.0 Å². The van der Waals surface area contributed by atoms with Gasteiger partial charge in [-0.25, -0.2) is 4.98 Å². The molecule has 0 unspecified atom stereocenters. The normalized spacial score (nSPS) is 11.0. The van der Waals surface area contributed by atoms with Gasteiger partial charge in [0.2, 0.25) is 0 Å². The Morgan fingerprint density at radius 1 is 1.33 bits per heavy atom. The first kappa shape index (κ1) is 11.6. The van der Waals surface area contributed by atoms with Crippen molar-refractivity contribution in [1.82, 2.24) is 14.5 Å². The molecule has 90 valence electrons. The number of rotatable bonds is 1. The third kappa shape index (κ3) is 1.89. The number of halogens is 1. The average Bonchev–Trinajstić information content (AvgIpc) is 2.64. The quantitative estimate of drug-likeness (QED) is 0.683. The molecule has 3 nitrogen and oxygen atoms in total. The van der Waals surface area contributed by atoms with Crippen LogP contribution >= 0.6 is 28.1 Å². The van der Waals surface area contributed by atoms with E-state index >= 15 is 0 Å². The molecule has 1 N–H and O–H groups in total. The van der Waals surface area contributed by atoms with Crippen molar-refractivity contribution in [3.05, 3.63) is 51.3 Å². The molecule has 0 amide bonds. The minimum atomic E-state index is 0.654. The summed E-state index contributed by atoms with van der Waals surface area (Å²) in [5.74, 6) is 0. The van der Waals surface area contributed by atoms with Gasteiger partial charge in [-0.05, 0) is 58.8 Å². The van der Waals surface area contributed by atoms with Gasteiger partial charge in [-0.15, -0.1) is 0 Å². The van der Waals surface area contributed by atoms with E-state index in [1.54, 1.807) is 6.20 Å². The number of aromatic amines is 1. The van der Waals surface area contributed by atoms with Crippen LogP contribution in [0.5, 0.6) is 0 Å². The van der Waals surface area contributed by atoms with Crippen LogP contribution in [0.4, 0.5) is 0 Å². The van der Waals surface area contributed by atoms with Gasteiger partial charge in [0.25, 0.3) is 0 Å². The highest BCUT2D eigenvalue weighted by Crippen LogP contribution is 2.21. The molecule has 1 aromatic carbocycles. The molecule has 3 rings (SSSR count). The molecule has 3 aromatic rings. The summed E-state index contributed by atoms with van der Waals surface area (Å²) in [6.07, 6.45) is 1.78. The van der Waals surface area contributed by atoms with E-state index < -0.39 is 0 Å². The van der Waals surface area contributed by atoms with Crippen molar-refractivity contribution in [2.45, 2.75) is 6.92 Å². The largest absolute Gasteiger partial charge is 0.329 e. The van der Waals surface area contributed by atoms with Crippen molar-refractivity contribution < 1.29 is 0 Å². The maximum Gasteiger partial charge on any atom is 0.183 e. The third-order valence-corrected chi connectivity index (χ3v) is 3.47. The SMILES string of the molecule is Cc1cccc(-n2c(=S)[nH]c3cc(Br)cnc32)c1. The summed E-state index contributed by atoms with van der Waals surface area (Å²) in [6.45, 7) is 2.06. The standard InChI is InChI=1S/C13H10BrN3S/c1-8-3-2-4-10(5-8)17-12-11(16-13(17)18)6-9(14)7-15-12/h2-7H,1H3,(H,16,18). The second-order valence-corrected chi connectivity index (χ2v) is 5.43. The molecule has 0 saturated carbocycles. The predicted octanol–water partition coefficient (Wildman–Crippen LogP) is 4.15. The first-order valence-corrected chi connectivity index (χ1v) is 6.68. The second kappa shape index (κ2) is 4.33. The number of hydrogen-bond acceptors (Lipinski definition) is 2. The van der Waals surface area contributed by atoms with Crippen LogP contribution in [0, 0.1) is 11.7 Å². The lowest BCUT2D eigenvalue weighted by Gasteiger charge is -2.04. The van der Waals surface area contributed by atoms with E-state index in [9.17, 15) is 0 Å². The number of benzene rings is 1. The van der Waals surface area contributed by atoms with Crippen LogP contribution in [-0.2, 0) is 0 Å². The number of imidazole rings is 1. The van der Waals surface area contributed by atoms with Crippen LogP contribution in [0.15, 0.2) is 41.0 Å². The number of aryl methyl sites for hydroxylation is 1. The summed E-state index contributed by atoms with van der Waals surface area (Å²) in [7, 11) is 0. The molecule has 0 radical (unpaired) electrons. The fourth-order valence-corrected chi connectivity index (χ4v) is 2.61. The topological polar surface area (TPSA) is 33.6 Å². The van der Waals surface area contributed by atoms with Crippen LogP contribution in [-0.4, -0.2) is 14.5 Å². The van der Waals surface area contributed by atoms with Gasteiger partial charge in [0, 0.05) is 10.7 Å². The Kier molecular flexibility index (Phi) is 2.80. The van der Waals surface area contributed by atoms with E-state index in [1.807, 2.05) is 22.8 Å². The highest BCUT2D eigenvalue weighted by Gasteiger charge is 2.08. The van der Waals surface area contributed by atoms with Crippen molar-refractivity contribution >= 4 is 39.3 Å². The summed E-state index contributed by atoms with van der Waals surface area (Å²) < 4.78 is 3.54. The van der Waals surface area contributed by atoms with Crippen LogP contribution < -0.4 is 0 Å². The van der Waals surface area contributed by atoms with E-state index in [-0.39, 0.29) is 0 Å². The molecule has 2 heterocycles. The fourth-order valence-electron chi connectivity index (χ4n) is 1.98. The van der Waals surface area contributed by atoms with Crippen LogP contribution in [0.1, 0.15) is 5.56 Å². The minimum Gasteiger partial charge on any atom is -0.329 e. The van der Waals surface area contributed by atoms with Gasteiger partial charge in [0.05, 0.1) is 11.2 Å². The Hall–Kier alpha value is -1.46. The zero-order valence-corrected chi connectivity index (χ0v) is 12.0. The van der Waals surface area contributed by atoms with Gasteiger partial charge < -0.3 is 4.98 Å². The number of fused-ring (bicyclic) bond motifs is 1. The van der Waals surface area contributed by atoms with Crippen LogP contribution in [0.3, 0.4) is 0 Å². The van der Waals surface area contributed by atoms with E-state index in [0.29, 0.717) is 4.77 Å². The Labute approximate surface area is 118 Å². The zero-order valence-electron chi connectivity index (χ0n) is 9.64. The molecule has 18 heavy (non-hydrogen) atoms. The van der Waals surface area contributed by atoms with Crippen molar-refractivity contribution in [2.75, 3.05) is 0 Å². The lowest BCUT2D eigenvalue weighted by Crippen LogP contribution is -1.95. The molecular formula is C13H10BrN3S. The Bertz CT molecular complexity index is 788. The molecular weight excluding hydrogens is 310 g/mol. The van der Waals surface area contributed by atoms with E-state index in [4.69, 9.17) is 12.2 Å². The summed E-state index contributed by atoms with van der Waals surface area (Å²) in [4.78, 5) is 7.60. The predicted molar refractivity (Wildman–Crippen MR) is 78.7 cm³/mol. The molecule has 0 saturated heterocycles. The first-order chi connectivity index (χ1) is 8.65. The molecule has 0 aliphatic carbocycles. The molecule has 0 aliphatic heterocycles. The zero-order chi connectivity index (χ0) is 12.7. The molecule has 2 aromatic heterocycles. The van der Waals surface area contributed by atoms with Crippen LogP contribution in [0.2, 0.25) is 0 Å². The molecule has 0 fully saturated rings. The highest BCUT2D eigenvalue weighted by atomic mass is 79.9. The average molecular weight is 320 g/mol. The van der Waals surface area contributed by atoms with Crippen molar-refractivity contribution in [2.24, 2.45) is 0 Å². The van der Waals surface area contributed by atoms with Gasteiger partial charge in [-0.2, -0.15) is 0 Å². The maximum atomic E-state index is 5.37. The van der Waals surface area contributed by atoms with E-state index in [1.165, 1.54) is 5.56 Å². The number of hydrogen-bond donors (Lipinski definition) is 1. The fraction of sp³-hybridized carbons (Fsp3) is 0.0769. The van der Waals surface area contributed by atoms with Gasteiger partial charge in [0.1, 0.15) is 0 Å². The number of H-pyrrole nitrogens is 1. The number of pyridine rings is 1. The third-order valence-electron chi connectivity index (χ3n) is 2.75. The lowest BCUT2D eigenvalue weighted by atomic mass is 10.2. The maximum absolute atomic E-state index is 5.37. The number of aromatic nitrogens is 3. The van der Waals surface area contributed by atoms with Gasteiger partial charge in [-0.1, -0.05) is 12.1 Å². The first-order valence-electron chi connectivity index (χ1n) is 5.48. The Balaban J connectivity index is 2.35. The summed E-state index contributed by atoms with van der Waals surface area (Å²) in [5.41, 5.74) is 3.99. The van der Waals surface area contributed by atoms with E-state index in [0.717, 1.165) is 21.3 Å². The van der Waals surface area contributed by atoms with Crippen molar-refractivity contribution in [3.63, 3.8) is 0 Å². The Morgan fingerprint density at radius 3 is 2.94 bits per heavy atom.